The van der Waals surface area contributed by atoms with Gasteiger partial charge in [0.05, 0.1) is 0 Å². The molecule has 2 heteroatoms. The average molecular weight is 113 g/mol. The molecule has 0 bridgehead atoms. The summed E-state index contributed by atoms with van der Waals surface area (Å²) in [6.45, 7) is 7.20. The van der Waals surface area contributed by atoms with Crippen LogP contribution in [0.1, 0.15) is 12.8 Å². The van der Waals surface area contributed by atoms with E-state index in [2.05, 4.69) is 17.4 Å². The Kier molecular flexibility index (Phi) is 2.30. The Morgan fingerprint density at radius 2 is 2.25 bits per heavy atom. The van der Waals surface area contributed by atoms with Crippen LogP contribution in [-0.4, -0.2) is 24.6 Å². The van der Waals surface area contributed by atoms with E-state index in [0.717, 1.165) is 13.0 Å². The fraction of sp³-hybridized carbons (Fsp3) is 0.833. The van der Waals surface area contributed by atoms with Crippen LogP contribution in [0.2, 0.25) is 0 Å². The molecular weight excluding hydrogens is 100 g/mol. The van der Waals surface area contributed by atoms with Crippen LogP contribution >= 0.6 is 0 Å². The maximum Gasteiger partial charge on any atom is 0.0143 e. The molecule has 8 heavy (non-hydrogen) atoms. The number of nitrogens with one attached hydrogen (secondary N) is 1. The van der Waals surface area contributed by atoms with Crippen LogP contribution in [0, 0.1) is 6.92 Å². The maximum absolute atomic E-state index is 3.73. The third-order valence-electron chi connectivity index (χ3n) is 1.37. The summed E-state index contributed by atoms with van der Waals surface area (Å²) in [5.74, 6) is 0. The molecule has 1 radical (unpaired) electrons. The van der Waals surface area contributed by atoms with Crippen LogP contribution in [0.25, 0.3) is 0 Å². The number of nitrogens with zero attached hydrogens (tertiary/aromatic N) is 1. The minimum absolute atomic E-state index is 0.983. The van der Waals surface area contributed by atoms with Gasteiger partial charge in [0.15, 0.2) is 0 Å². The molecule has 1 fully saturated rings. The SMILES string of the molecule is [CH2]CCNN1CCC1. The second kappa shape index (κ2) is 3.05. The molecule has 1 rings (SSSR count). The third-order valence-corrected chi connectivity index (χ3v) is 1.37. The highest BCUT2D eigenvalue weighted by molar-refractivity contribution is 4.63. The summed E-state index contributed by atoms with van der Waals surface area (Å²) in [6, 6.07) is 0. The molecule has 1 aliphatic rings. The van der Waals surface area contributed by atoms with E-state index in [1.165, 1.54) is 19.5 Å². The van der Waals surface area contributed by atoms with Gasteiger partial charge in [-0.25, -0.2) is 5.01 Å². The number of hydrogen-bond donors (Lipinski definition) is 1. The van der Waals surface area contributed by atoms with Crippen molar-refractivity contribution in [3.63, 3.8) is 0 Å². The number of hydrazine groups is 1. The Hall–Kier alpha value is -0.0800. The molecule has 0 aliphatic carbocycles. The summed E-state index contributed by atoms with van der Waals surface area (Å²) in [6.07, 6.45) is 2.33. The summed E-state index contributed by atoms with van der Waals surface area (Å²) in [7, 11) is 0. The molecule has 0 unspecified atom stereocenters. The molecular formula is C6H13N2. The van der Waals surface area contributed by atoms with Crippen LogP contribution in [0.4, 0.5) is 0 Å². The molecule has 2 nitrogen and oxygen atoms in total. The van der Waals surface area contributed by atoms with Crippen LogP contribution in [0.5, 0.6) is 0 Å². The summed E-state index contributed by atoms with van der Waals surface area (Å²) in [5, 5.41) is 2.23. The Bertz CT molecular complexity index is 59.5. The van der Waals surface area contributed by atoms with E-state index in [9.17, 15) is 0 Å². The predicted molar refractivity (Wildman–Crippen MR) is 34.2 cm³/mol. The first-order valence-corrected chi connectivity index (χ1v) is 3.21. The van der Waals surface area contributed by atoms with Gasteiger partial charge >= 0.3 is 0 Å². The van der Waals surface area contributed by atoms with Gasteiger partial charge in [0.2, 0.25) is 0 Å². The zero-order valence-electron chi connectivity index (χ0n) is 5.19. The highest BCUT2D eigenvalue weighted by Gasteiger charge is 2.10. The molecule has 0 aromatic heterocycles. The molecule has 0 aromatic rings. The summed E-state index contributed by atoms with van der Waals surface area (Å²) < 4.78 is 0. The van der Waals surface area contributed by atoms with Crippen molar-refractivity contribution < 1.29 is 0 Å². The van der Waals surface area contributed by atoms with E-state index in [4.69, 9.17) is 0 Å². The predicted octanol–water partition coefficient (Wildman–Crippen LogP) is 0.421. The van der Waals surface area contributed by atoms with Gasteiger partial charge in [0.1, 0.15) is 0 Å². The first-order valence-electron chi connectivity index (χ1n) is 3.21. The van der Waals surface area contributed by atoms with Crippen LogP contribution in [-0.2, 0) is 0 Å². The van der Waals surface area contributed by atoms with Crippen molar-refractivity contribution in [3.8, 4) is 0 Å². The average Bonchev–Trinajstić information content (AvgIpc) is 1.63. The maximum atomic E-state index is 3.73. The Morgan fingerprint density at radius 1 is 1.50 bits per heavy atom. The topological polar surface area (TPSA) is 15.3 Å². The zero-order valence-corrected chi connectivity index (χ0v) is 5.19. The van der Waals surface area contributed by atoms with Gasteiger partial charge < -0.3 is 0 Å². The zero-order chi connectivity index (χ0) is 5.82. The minimum atomic E-state index is 0.983. The first-order chi connectivity index (χ1) is 3.93. The smallest absolute Gasteiger partial charge is 0.0143 e. The van der Waals surface area contributed by atoms with Crippen molar-refractivity contribution >= 4 is 0 Å². The molecule has 1 aliphatic heterocycles. The lowest BCUT2D eigenvalue weighted by molar-refractivity contribution is 0.110. The second-order valence-corrected chi connectivity index (χ2v) is 2.10. The molecule has 0 spiro atoms. The van der Waals surface area contributed by atoms with E-state index in [1.807, 2.05) is 0 Å². The molecule has 1 N–H and O–H groups in total. The van der Waals surface area contributed by atoms with Gasteiger partial charge in [0, 0.05) is 19.6 Å². The molecule has 0 amide bonds. The highest BCUT2D eigenvalue weighted by atomic mass is 15.5. The monoisotopic (exact) mass is 113 g/mol. The highest BCUT2D eigenvalue weighted by Crippen LogP contribution is 1.99. The largest absolute Gasteiger partial charge is 0.255 e. The van der Waals surface area contributed by atoms with Gasteiger partial charge in [-0.2, -0.15) is 0 Å². The second-order valence-electron chi connectivity index (χ2n) is 2.10. The lowest BCUT2D eigenvalue weighted by Gasteiger charge is -2.30. The van der Waals surface area contributed by atoms with E-state index in [1.54, 1.807) is 0 Å². The molecule has 0 saturated carbocycles. The fourth-order valence-electron chi connectivity index (χ4n) is 0.712. The first kappa shape index (κ1) is 6.05. The Labute approximate surface area is 50.8 Å². The van der Waals surface area contributed by atoms with E-state index in [0.29, 0.717) is 0 Å². The van der Waals surface area contributed by atoms with Gasteiger partial charge in [-0.3, -0.25) is 5.43 Å². The van der Waals surface area contributed by atoms with Crippen molar-refractivity contribution in [2.75, 3.05) is 19.6 Å². The van der Waals surface area contributed by atoms with Crippen LogP contribution in [0.3, 0.4) is 0 Å². The van der Waals surface area contributed by atoms with Crippen molar-refractivity contribution in [3.05, 3.63) is 6.92 Å². The lowest BCUT2D eigenvalue weighted by atomic mass is 10.3. The lowest BCUT2D eigenvalue weighted by Crippen LogP contribution is -2.47. The van der Waals surface area contributed by atoms with Crippen molar-refractivity contribution in [1.29, 1.82) is 0 Å². The standard InChI is InChI=1S/C6H13N2/c1-2-4-7-8-5-3-6-8/h7H,1-6H2. The van der Waals surface area contributed by atoms with E-state index in [-0.39, 0.29) is 0 Å². The van der Waals surface area contributed by atoms with Crippen molar-refractivity contribution in [2.45, 2.75) is 12.8 Å². The van der Waals surface area contributed by atoms with Crippen molar-refractivity contribution in [2.24, 2.45) is 0 Å². The number of hydrogen-bond acceptors (Lipinski definition) is 2. The van der Waals surface area contributed by atoms with Gasteiger partial charge in [-0.1, -0.05) is 6.92 Å². The summed E-state index contributed by atoms with van der Waals surface area (Å²) >= 11 is 0. The normalized spacial score (nSPS) is 20.6. The van der Waals surface area contributed by atoms with E-state index >= 15 is 0 Å². The van der Waals surface area contributed by atoms with Crippen LogP contribution < -0.4 is 5.43 Å². The molecule has 47 valence electrons. The van der Waals surface area contributed by atoms with Gasteiger partial charge in [-0.05, 0) is 12.8 Å². The Morgan fingerprint density at radius 3 is 2.62 bits per heavy atom. The Balaban J connectivity index is 1.86. The third kappa shape index (κ3) is 1.46. The molecule has 0 aromatic carbocycles. The van der Waals surface area contributed by atoms with E-state index < -0.39 is 0 Å². The van der Waals surface area contributed by atoms with Crippen molar-refractivity contribution in [1.82, 2.24) is 10.4 Å². The van der Waals surface area contributed by atoms with Gasteiger partial charge in [0.25, 0.3) is 0 Å². The fourth-order valence-corrected chi connectivity index (χ4v) is 0.712. The molecule has 0 atom stereocenters. The van der Waals surface area contributed by atoms with Gasteiger partial charge in [-0.15, -0.1) is 0 Å². The summed E-state index contributed by atoms with van der Waals surface area (Å²) in [5.41, 5.74) is 3.24. The quantitative estimate of drug-likeness (QED) is 0.570. The summed E-state index contributed by atoms with van der Waals surface area (Å²) in [4.78, 5) is 0. The molecule has 1 saturated heterocycles. The van der Waals surface area contributed by atoms with Crippen LogP contribution in [0.15, 0.2) is 0 Å². The minimum Gasteiger partial charge on any atom is -0.255 e. The molecule has 1 heterocycles. The number of rotatable bonds is 3.